The van der Waals surface area contributed by atoms with E-state index >= 15 is 0 Å². The van der Waals surface area contributed by atoms with Crippen LogP contribution < -0.4 is 0 Å². The van der Waals surface area contributed by atoms with Gasteiger partial charge in [-0.1, -0.05) is 65.8 Å². The van der Waals surface area contributed by atoms with Gasteiger partial charge in [0.05, 0.1) is 0 Å². The number of rotatable bonds is 6. The minimum Gasteiger partial charge on any atom is -0.0991 e. The third kappa shape index (κ3) is 3.86. The Balaban J connectivity index is 5.76. The van der Waals surface area contributed by atoms with Gasteiger partial charge < -0.3 is 0 Å². The van der Waals surface area contributed by atoms with Crippen LogP contribution in [0.25, 0.3) is 0 Å². The van der Waals surface area contributed by atoms with Crippen molar-refractivity contribution in [2.45, 2.75) is 68.2 Å². The minimum absolute atomic E-state index is 0.212. The highest BCUT2D eigenvalue weighted by molar-refractivity contribution is 5.41. The fraction of sp³-hybridized carbons (Fsp3) is 0.667. The second kappa shape index (κ2) is 6.41. The summed E-state index contributed by atoms with van der Waals surface area (Å²) in [6.45, 7) is 22.2. The van der Waals surface area contributed by atoms with E-state index in [2.05, 4.69) is 68.0 Å². The van der Waals surface area contributed by atoms with E-state index in [1.54, 1.807) is 0 Å². The quantitative estimate of drug-likeness (QED) is 0.483. The third-order valence-corrected chi connectivity index (χ3v) is 4.76. The topological polar surface area (TPSA) is 0 Å². The zero-order valence-corrected chi connectivity index (χ0v) is 13.8. The molecule has 0 aromatic carbocycles. The van der Waals surface area contributed by atoms with E-state index in [0.29, 0.717) is 0 Å². The van der Waals surface area contributed by atoms with E-state index in [1.165, 1.54) is 23.1 Å². The Hall–Kier alpha value is -0.780. The molecular weight excluding hydrogens is 216 g/mol. The van der Waals surface area contributed by atoms with E-state index in [1.807, 2.05) is 6.08 Å². The lowest BCUT2D eigenvalue weighted by molar-refractivity contribution is 0.410. The second-order valence-electron chi connectivity index (χ2n) is 6.54. The summed E-state index contributed by atoms with van der Waals surface area (Å²) in [5.74, 6) is 0. The first kappa shape index (κ1) is 17.2. The molecule has 0 spiro atoms. The molecule has 0 nitrogen and oxygen atoms in total. The van der Waals surface area contributed by atoms with E-state index < -0.39 is 0 Å². The summed E-state index contributed by atoms with van der Waals surface area (Å²) >= 11 is 0. The number of hydrogen-bond donors (Lipinski definition) is 0. The summed E-state index contributed by atoms with van der Waals surface area (Å²) < 4.78 is 0. The molecule has 0 rings (SSSR count). The normalized spacial score (nSPS) is 15.4. The average molecular weight is 248 g/mol. The molecule has 18 heavy (non-hydrogen) atoms. The molecular formula is C18H32. The lowest BCUT2D eigenvalue weighted by Crippen LogP contribution is -2.19. The predicted molar refractivity (Wildman–Crippen MR) is 84.8 cm³/mol. The molecule has 0 fully saturated rings. The largest absolute Gasteiger partial charge is 0.0991 e. The van der Waals surface area contributed by atoms with Crippen molar-refractivity contribution in [3.05, 3.63) is 35.5 Å². The van der Waals surface area contributed by atoms with Gasteiger partial charge in [-0.2, -0.15) is 0 Å². The van der Waals surface area contributed by atoms with E-state index in [9.17, 15) is 0 Å². The van der Waals surface area contributed by atoms with Gasteiger partial charge >= 0.3 is 0 Å². The van der Waals surface area contributed by atoms with Crippen molar-refractivity contribution in [3.63, 3.8) is 0 Å². The molecule has 0 aliphatic carbocycles. The van der Waals surface area contributed by atoms with Crippen molar-refractivity contribution in [2.24, 2.45) is 10.8 Å². The molecule has 0 radical (unpaired) electrons. The number of hydrogen-bond acceptors (Lipinski definition) is 0. The van der Waals surface area contributed by atoms with Crippen LogP contribution in [-0.2, 0) is 0 Å². The summed E-state index contributed by atoms with van der Waals surface area (Å²) in [6, 6.07) is 0. The lowest BCUT2D eigenvalue weighted by atomic mass is 9.72. The Morgan fingerprint density at radius 2 is 1.39 bits per heavy atom. The molecule has 0 aromatic rings. The molecule has 104 valence electrons. The maximum absolute atomic E-state index is 3.87. The Bertz CT molecular complexity index is 348. The van der Waals surface area contributed by atoms with Crippen molar-refractivity contribution < 1.29 is 0 Å². The molecule has 0 heterocycles. The highest BCUT2D eigenvalue weighted by Gasteiger charge is 2.26. The summed E-state index contributed by atoms with van der Waals surface area (Å²) in [4.78, 5) is 0. The first-order chi connectivity index (χ1) is 8.14. The van der Waals surface area contributed by atoms with Gasteiger partial charge in [0.15, 0.2) is 0 Å². The van der Waals surface area contributed by atoms with Gasteiger partial charge in [-0.15, -0.1) is 0 Å². The molecule has 0 amide bonds. The van der Waals surface area contributed by atoms with Crippen molar-refractivity contribution in [2.75, 3.05) is 0 Å². The van der Waals surface area contributed by atoms with Crippen LogP contribution in [0.15, 0.2) is 35.5 Å². The summed E-state index contributed by atoms with van der Waals surface area (Å²) in [6.07, 6.45) is 6.42. The SMILES string of the molecule is C=C/C=C(\C(C)=C(/C)C(C)(C)CC)C(C)(C)CC. The van der Waals surface area contributed by atoms with Gasteiger partial charge in [0.25, 0.3) is 0 Å². The van der Waals surface area contributed by atoms with Gasteiger partial charge in [0.2, 0.25) is 0 Å². The summed E-state index contributed by atoms with van der Waals surface area (Å²) in [7, 11) is 0. The van der Waals surface area contributed by atoms with Gasteiger partial charge in [-0.3, -0.25) is 0 Å². The standard InChI is InChI=1S/C18H32/c1-10-13-16(18(8,9)12-3)14(4)15(5)17(6,7)11-2/h10,13H,1,11-12H2,2-9H3/b15-14+,16-13+. The van der Waals surface area contributed by atoms with Gasteiger partial charge in [0, 0.05) is 0 Å². The van der Waals surface area contributed by atoms with Crippen LogP contribution in [0.5, 0.6) is 0 Å². The van der Waals surface area contributed by atoms with Crippen molar-refractivity contribution in [1.82, 2.24) is 0 Å². The third-order valence-electron chi connectivity index (χ3n) is 4.76. The van der Waals surface area contributed by atoms with Crippen LogP contribution in [0.1, 0.15) is 68.2 Å². The van der Waals surface area contributed by atoms with E-state index in [4.69, 9.17) is 0 Å². The van der Waals surface area contributed by atoms with E-state index in [0.717, 1.165) is 6.42 Å². The van der Waals surface area contributed by atoms with Crippen LogP contribution >= 0.6 is 0 Å². The highest BCUT2D eigenvalue weighted by Crippen LogP contribution is 2.40. The lowest BCUT2D eigenvalue weighted by Gasteiger charge is -2.33. The molecule has 0 bridgehead atoms. The Kier molecular flexibility index (Phi) is 6.13. The molecule has 0 unspecified atom stereocenters. The molecule has 0 aliphatic rings. The maximum atomic E-state index is 3.87. The van der Waals surface area contributed by atoms with Crippen molar-refractivity contribution in [1.29, 1.82) is 0 Å². The van der Waals surface area contributed by atoms with Crippen LogP contribution in [0.2, 0.25) is 0 Å². The predicted octanol–water partition coefficient (Wildman–Crippen LogP) is 6.31. The molecule has 0 saturated heterocycles. The zero-order chi connectivity index (χ0) is 14.6. The fourth-order valence-electron chi connectivity index (χ4n) is 2.14. The van der Waals surface area contributed by atoms with Crippen LogP contribution in [-0.4, -0.2) is 0 Å². The van der Waals surface area contributed by atoms with E-state index in [-0.39, 0.29) is 10.8 Å². The minimum atomic E-state index is 0.212. The molecule has 0 atom stereocenters. The Labute approximate surface area is 115 Å². The Morgan fingerprint density at radius 3 is 1.72 bits per heavy atom. The van der Waals surface area contributed by atoms with Crippen LogP contribution in [0, 0.1) is 10.8 Å². The monoisotopic (exact) mass is 248 g/mol. The van der Waals surface area contributed by atoms with Gasteiger partial charge in [-0.25, -0.2) is 0 Å². The second-order valence-corrected chi connectivity index (χ2v) is 6.54. The van der Waals surface area contributed by atoms with Gasteiger partial charge in [-0.05, 0) is 48.7 Å². The van der Waals surface area contributed by atoms with Crippen molar-refractivity contribution in [3.8, 4) is 0 Å². The van der Waals surface area contributed by atoms with Crippen LogP contribution in [0.4, 0.5) is 0 Å². The van der Waals surface area contributed by atoms with Crippen molar-refractivity contribution >= 4 is 0 Å². The molecule has 0 heteroatoms. The average Bonchev–Trinajstić information content (AvgIpc) is 2.33. The number of allylic oxidation sites excluding steroid dienone is 5. The zero-order valence-electron chi connectivity index (χ0n) is 13.8. The molecule has 0 saturated carbocycles. The molecule has 0 aromatic heterocycles. The highest BCUT2D eigenvalue weighted by atomic mass is 14.3. The summed E-state index contributed by atoms with van der Waals surface area (Å²) in [5, 5.41) is 0. The van der Waals surface area contributed by atoms with Gasteiger partial charge in [0.1, 0.15) is 0 Å². The molecule has 0 aliphatic heterocycles. The molecule has 0 N–H and O–H groups in total. The Morgan fingerprint density at radius 1 is 0.944 bits per heavy atom. The summed E-state index contributed by atoms with van der Waals surface area (Å²) in [5.41, 5.74) is 4.85. The first-order valence-corrected chi connectivity index (χ1v) is 7.15. The maximum Gasteiger partial charge on any atom is -0.0104 e. The van der Waals surface area contributed by atoms with Crippen LogP contribution in [0.3, 0.4) is 0 Å². The first-order valence-electron chi connectivity index (χ1n) is 7.15. The smallest absolute Gasteiger partial charge is 0.0104 e. The fourth-order valence-corrected chi connectivity index (χ4v) is 2.14.